The summed E-state index contributed by atoms with van der Waals surface area (Å²) in [7, 11) is 3.16. The third kappa shape index (κ3) is 5.00. The molecule has 0 aliphatic heterocycles. The molecule has 0 fully saturated rings. The first-order valence-corrected chi connectivity index (χ1v) is 11.1. The van der Waals surface area contributed by atoms with Gasteiger partial charge in [-0.3, -0.25) is 4.90 Å². The molecule has 0 aliphatic rings. The van der Waals surface area contributed by atoms with Crippen LogP contribution in [0.5, 0.6) is 5.88 Å². The molecule has 4 rings (SSSR count). The number of carbonyl (C=O) groups excluding carboxylic acids is 1. The number of fused-ring (bicyclic) bond motifs is 1. The molecule has 0 bridgehead atoms. The largest absolute Gasteiger partial charge is 0.480 e. The van der Waals surface area contributed by atoms with Gasteiger partial charge in [-0.25, -0.2) is 19.4 Å². The zero-order chi connectivity index (χ0) is 25.3. The number of pyridine rings is 1. The summed E-state index contributed by atoms with van der Waals surface area (Å²) in [6.45, 7) is 9.47. The maximum Gasteiger partial charge on any atom is 0.415 e. The SMILES string of the molecule is COc1ncccc1Nc1cc(N(C)C(=O)OC(C)(C)C)n2ncc(-c3cn(C(C)C)nn3)c2n1. The van der Waals surface area contributed by atoms with E-state index in [0.717, 1.165) is 0 Å². The molecule has 4 aromatic rings. The molecule has 4 heterocycles. The molecule has 0 aromatic carbocycles. The number of hydrogen-bond acceptors (Lipinski definition) is 9. The van der Waals surface area contributed by atoms with Crippen molar-refractivity contribution in [2.45, 2.75) is 46.3 Å². The molecule has 0 radical (unpaired) electrons. The van der Waals surface area contributed by atoms with E-state index in [1.165, 1.54) is 4.90 Å². The zero-order valence-electron chi connectivity index (χ0n) is 20.8. The van der Waals surface area contributed by atoms with Crippen LogP contribution >= 0.6 is 0 Å². The Morgan fingerprint density at radius 1 is 1.26 bits per heavy atom. The van der Waals surface area contributed by atoms with E-state index in [9.17, 15) is 4.79 Å². The van der Waals surface area contributed by atoms with Gasteiger partial charge in [-0.05, 0) is 46.8 Å². The molecule has 0 saturated carbocycles. The number of nitrogens with one attached hydrogen (secondary N) is 1. The van der Waals surface area contributed by atoms with Gasteiger partial charge in [0.1, 0.15) is 28.6 Å². The number of aromatic nitrogens is 7. The van der Waals surface area contributed by atoms with E-state index in [0.29, 0.717) is 40.1 Å². The van der Waals surface area contributed by atoms with E-state index in [1.54, 1.807) is 47.9 Å². The van der Waals surface area contributed by atoms with Crippen molar-refractivity contribution >= 4 is 29.1 Å². The molecule has 12 heteroatoms. The van der Waals surface area contributed by atoms with Gasteiger partial charge in [0.2, 0.25) is 5.88 Å². The highest BCUT2D eigenvalue weighted by Gasteiger charge is 2.25. The fraction of sp³-hybridized carbons (Fsp3) is 0.391. The topological polar surface area (TPSA) is 125 Å². The lowest BCUT2D eigenvalue weighted by Gasteiger charge is -2.25. The number of amides is 1. The molecule has 184 valence electrons. The van der Waals surface area contributed by atoms with Crippen molar-refractivity contribution in [1.82, 2.24) is 34.6 Å². The van der Waals surface area contributed by atoms with E-state index in [1.807, 2.05) is 46.9 Å². The van der Waals surface area contributed by atoms with Gasteiger partial charge < -0.3 is 14.8 Å². The Hall–Kier alpha value is -4.22. The van der Waals surface area contributed by atoms with Crippen molar-refractivity contribution in [1.29, 1.82) is 0 Å². The highest BCUT2D eigenvalue weighted by molar-refractivity contribution is 5.88. The van der Waals surface area contributed by atoms with Gasteiger partial charge in [-0.2, -0.15) is 9.61 Å². The molecule has 1 amide bonds. The normalized spacial score (nSPS) is 11.7. The van der Waals surface area contributed by atoms with E-state index in [-0.39, 0.29) is 6.04 Å². The van der Waals surface area contributed by atoms with Crippen LogP contribution in [0, 0.1) is 0 Å². The van der Waals surface area contributed by atoms with E-state index >= 15 is 0 Å². The van der Waals surface area contributed by atoms with Gasteiger partial charge in [0, 0.05) is 25.4 Å². The Kier molecular flexibility index (Phi) is 6.29. The number of methoxy groups -OCH3 is 1. The highest BCUT2D eigenvalue weighted by Crippen LogP contribution is 2.30. The molecule has 0 unspecified atom stereocenters. The van der Waals surface area contributed by atoms with Crippen molar-refractivity contribution in [3.05, 3.63) is 36.8 Å². The van der Waals surface area contributed by atoms with Gasteiger partial charge in [-0.15, -0.1) is 5.10 Å². The average molecular weight is 480 g/mol. The molecule has 0 saturated heterocycles. The summed E-state index contributed by atoms with van der Waals surface area (Å²) in [5.74, 6) is 1.30. The summed E-state index contributed by atoms with van der Waals surface area (Å²) >= 11 is 0. The number of carbonyl (C=O) groups is 1. The second kappa shape index (κ2) is 9.20. The maximum atomic E-state index is 12.9. The minimum Gasteiger partial charge on any atom is -0.480 e. The van der Waals surface area contributed by atoms with E-state index < -0.39 is 11.7 Å². The zero-order valence-corrected chi connectivity index (χ0v) is 20.8. The number of rotatable bonds is 6. The highest BCUT2D eigenvalue weighted by atomic mass is 16.6. The fourth-order valence-corrected chi connectivity index (χ4v) is 3.29. The molecule has 1 N–H and O–H groups in total. The summed E-state index contributed by atoms with van der Waals surface area (Å²) < 4.78 is 14.3. The van der Waals surface area contributed by atoms with Gasteiger partial charge in [0.05, 0.1) is 25.1 Å². The van der Waals surface area contributed by atoms with Crippen molar-refractivity contribution in [2.75, 3.05) is 24.4 Å². The summed E-state index contributed by atoms with van der Waals surface area (Å²) in [4.78, 5) is 23.3. The Morgan fingerprint density at radius 2 is 2.03 bits per heavy atom. The molecule has 0 spiro atoms. The van der Waals surface area contributed by atoms with Crippen LogP contribution in [-0.4, -0.2) is 60.4 Å². The number of nitrogens with zero attached hydrogens (tertiary/aromatic N) is 8. The fourth-order valence-electron chi connectivity index (χ4n) is 3.29. The predicted octanol–water partition coefficient (Wildman–Crippen LogP) is 4.09. The summed E-state index contributed by atoms with van der Waals surface area (Å²) in [6, 6.07) is 5.45. The second-order valence-electron chi connectivity index (χ2n) is 9.20. The van der Waals surface area contributed by atoms with Crippen molar-refractivity contribution in [3.63, 3.8) is 0 Å². The Bertz CT molecular complexity index is 1350. The van der Waals surface area contributed by atoms with Crippen molar-refractivity contribution in [2.24, 2.45) is 0 Å². The van der Waals surface area contributed by atoms with Crippen LogP contribution in [0.25, 0.3) is 16.9 Å². The molecule has 4 aromatic heterocycles. The van der Waals surface area contributed by atoms with E-state index in [2.05, 4.69) is 25.7 Å². The number of anilines is 3. The van der Waals surface area contributed by atoms with Crippen LogP contribution < -0.4 is 15.0 Å². The monoisotopic (exact) mass is 479 g/mol. The van der Waals surface area contributed by atoms with Crippen LogP contribution in [0.15, 0.2) is 36.8 Å². The summed E-state index contributed by atoms with van der Waals surface area (Å²) in [5, 5.41) is 16.2. The maximum absolute atomic E-state index is 12.9. The van der Waals surface area contributed by atoms with Crippen LogP contribution in [0.2, 0.25) is 0 Å². The predicted molar refractivity (Wildman–Crippen MR) is 131 cm³/mol. The van der Waals surface area contributed by atoms with Crippen LogP contribution in [0.4, 0.5) is 22.1 Å². The number of ether oxygens (including phenoxy) is 2. The average Bonchev–Trinajstić information content (AvgIpc) is 3.44. The van der Waals surface area contributed by atoms with Gasteiger partial charge in [0.15, 0.2) is 5.65 Å². The molecule has 12 nitrogen and oxygen atoms in total. The lowest BCUT2D eigenvalue weighted by atomic mass is 10.2. The molecular weight excluding hydrogens is 450 g/mol. The van der Waals surface area contributed by atoms with E-state index in [4.69, 9.17) is 14.5 Å². The third-order valence-corrected chi connectivity index (χ3v) is 5.01. The minimum absolute atomic E-state index is 0.148. The standard InChI is InChI=1S/C23H29N9O3/c1-14(2)31-13-17(28-29-31)15-12-25-32-19(30(6)22(33)35-23(3,4)5)11-18(27-20(15)32)26-16-9-8-10-24-21(16)34-7/h8-14H,1-7H3,(H,26,27). The molecule has 0 aliphatic carbocycles. The molecule has 0 atom stereocenters. The first-order chi connectivity index (χ1) is 16.6. The van der Waals surface area contributed by atoms with Crippen LogP contribution in [0.1, 0.15) is 40.7 Å². The first kappa shape index (κ1) is 23.9. The smallest absolute Gasteiger partial charge is 0.415 e. The van der Waals surface area contributed by atoms with Crippen molar-refractivity contribution in [3.8, 4) is 17.1 Å². The van der Waals surface area contributed by atoms with Gasteiger partial charge in [-0.1, -0.05) is 5.21 Å². The first-order valence-electron chi connectivity index (χ1n) is 11.1. The lowest BCUT2D eigenvalue weighted by molar-refractivity contribution is 0.0587. The van der Waals surface area contributed by atoms with Crippen molar-refractivity contribution < 1.29 is 14.3 Å². The minimum atomic E-state index is -0.660. The Morgan fingerprint density at radius 3 is 2.69 bits per heavy atom. The van der Waals surface area contributed by atoms with Crippen LogP contribution in [0.3, 0.4) is 0 Å². The quantitative estimate of drug-likeness (QED) is 0.435. The summed E-state index contributed by atoms with van der Waals surface area (Å²) in [5.41, 5.74) is 1.72. The van der Waals surface area contributed by atoms with Gasteiger partial charge in [0.25, 0.3) is 0 Å². The second-order valence-corrected chi connectivity index (χ2v) is 9.20. The lowest BCUT2D eigenvalue weighted by Crippen LogP contribution is -2.35. The number of hydrogen-bond donors (Lipinski definition) is 1. The van der Waals surface area contributed by atoms with Crippen LogP contribution in [-0.2, 0) is 4.74 Å². The molecule has 35 heavy (non-hydrogen) atoms. The Labute approximate surface area is 202 Å². The van der Waals surface area contributed by atoms with Gasteiger partial charge >= 0.3 is 6.09 Å². The Balaban J connectivity index is 1.85. The molecular formula is C23H29N9O3. The third-order valence-electron chi connectivity index (χ3n) is 5.01. The summed E-state index contributed by atoms with van der Waals surface area (Å²) in [6.07, 6.45) is 4.59.